The summed E-state index contributed by atoms with van der Waals surface area (Å²) in [6.45, 7) is 5.43. The van der Waals surface area contributed by atoms with Crippen molar-refractivity contribution in [2.75, 3.05) is 13.1 Å². The van der Waals surface area contributed by atoms with Crippen LogP contribution in [-0.2, 0) is 24.0 Å². The standard InChI is InChI=1S/C28H30N4O7S/c1-28(2,3)38-26(34)31-13-12-22(17-31)32(27(35)39-40(30,36)37)25(23-6-4-5-7-24(23)33)20-11-10-19-9-8-18(16-29)14-21(19)15-20/h4-6,8-11,14-15,22,25H,7,12-13,17H2,1-3H3,(H2,30,36,37)/t22-,25?/m0/s1. The number of benzene rings is 2. The highest BCUT2D eigenvalue weighted by molar-refractivity contribution is 7.84. The molecule has 0 bridgehead atoms. The molecule has 11 nitrogen and oxygen atoms in total. The van der Waals surface area contributed by atoms with Gasteiger partial charge >= 0.3 is 22.5 Å². The van der Waals surface area contributed by atoms with Crippen molar-refractivity contribution in [1.82, 2.24) is 9.80 Å². The van der Waals surface area contributed by atoms with Crippen LogP contribution in [0.4, 0.5) is 9.59 Å². The summed E-state index contributed by atoms with van der Waals surface area (Å²) in [5, 5.41) is 15.9. The van der Waals surface area contributed by atoms with E-state index in [0.29, 0.717) is 16.5 Å². The van der Waals surface area contributed by atoms with Gasteiger partial charge < -0.3 is 13.8 Å². The summed E-state index contributed by atoms with van der Waals surface area (Å²) in [4.78, 5) is 42.0. The normalized spacial score (nSPS) is 18.2. The van der Waals surface area contributed by atoms with Gasteiger partial charge in [-0.1, -0.05) is 36.4 Å². The second-order valence-electron chi connectivity index (χ2n) is 10.6. The predicted octanol–water partition coefficient (Wildman–Crippen LogP) is 3.86. The van der Waals surface area contributed by atoms with E-state index in [1.54, 1.807) is 75.4 Å². The summed E-state index contributed by atoms with van der Waals surface area (Å²) >= 11 is 0. The molecular weight excluding hydrogens is 536 g/mol. The minimum Gasteiger partial charge on any atom is -0.444 e. The first-order chi connectivity index (χ1) is 18.8. The molecule has 0 aromatic heterocycles. The quantitative estimate of drug-likeness (QED) is 0.571. The van der Waals surface area contributed by atoms with Crippen molar-refractivity contribution in [3.8, 4) is 6.07 Å². The highest BCUT2D eigenvalue weighted by Gasteiger charge is 2.43. The largest absolute Gasteiger partial charge is 0.444 e. The Morgan fingerprint density at radius 1 is 1.18 bits per heavy atom. The van der Waals surface area contributed by atoms with Gasteiger partial charge in [-0.2, -0.15) is 18.8 Å². The molecule has 2 aromatic carbocycles. The van der Waals surface area contributed by atoms with E-state index < -0.39 is 40.2 Å². The maximum absolute atomic E-state index is 13.5. The Morgan fingerprint density at radius 2 is 1.90 bits per heavy atom. The number of carbonyl (C=O) groups is 3. The van der Waals surface area contributed by atoms with Crippen molar-refractivity contribution in [3.63, 3.8) is 0 Å². The minimum atomic E-state index is -4.71. The van der Waals surface area contributed by atoms with Crippen LogP contribution in [0.1, 0.15) is 50.8 Å². The third kappa shape index (κ3) is 6.67. The monoisotopic (exact) mass is 566 g/mol. The fraction of sp³-hybridized carbons (Fsp3) is 0.357. The lowest BCUT2D eigenvalue weighted by Crippen LogP contribution is -2.48. The molecule has 2 N–H and O–H groups in total. The summed E-state index contributed by atoms with van der Waals surface area (Å²) in [5.41, 5.74) is 0.398. The topological polar surface area (TPSA) is 160 Å². The maximum atomic E-state index is 13.5. The number of fused-ring (bicyclic) bond motifs is 1. The van der Waals surface area contributed by atoms with E-state index in [9.17, 15) is 28.1 Å². The fourth-order valence-electron chi connectivity index (χ4n) is 4.86. The lowest BCUT2D eigenvalue weighted by Gasteiger charge is -2.37. The first-order valence-electron chi connectivity index (χ1n) is 12.6. The molecule has 1 aliphatic heterocycles. The Labute approximate surface area is 232 Å². The highest BCUT2D eigenvalue weighted by Crippen LogP contribution is 2.37. The average Bonchev–Trinajstić information content (AvgIpc) is 3.35. The zero-order chi connectivity index (χ0) is 29.2. The SMILES string of the molecule is CC(C)(C)OC(=O)N1CC[C@H](N(C(=O)OS(N)(=O)=O)C(C2=CC=CCC2=O)c2ccc3ccc(C#N)cc3c2)C1. The van der Waals surface area contributed by atoms with Crippen LogP contribution in [0.25, 0.3) is 10.8 Å². The minimum absolute atomic E-state index is 0.00854. The Hall–Kier alpha value is -4.21. The van der Waals surface area contributed by atoms with Crippen molar-refractivity contribution in [2.24, 2.45) is 5.14 Å². The Kier molecular flexibility index (Phi) is 8.00. The molecule has 2 aromatic rings. The predicted molar refractivity (Wildman–Crippen MR) is 146 cm³/mol. The Morgan fingerprint density at radius 3 is 2.55 bits per heavy atom. The fourth-order valence-corrected chi connectivity index (χ4v) is 5.15. The van der Waals surface area contributed by atoms with Crippen LogP contribution in [-0.4, -0.2) is 60.9 Å². The van der Waals surface area contributed by atoms with Gasteiger partial charge in [-0.05, 0) is 61.7 Å². The van der Waals surface area contributed by atoms with Crippen LogP contribution in [0.3, 0.4) is 0 Å². The van der Waals surface area contributed by atoms with Gasteiger partial charge in [0.2, 0.25) is 0 Å². The third-order valence-corrected chi connectivity index (χ3v) is 6.90. The first kappa shape index (κ1) is 28.8. The summed E-state index contributed by atoms with van der Waals surface area (Å²) < 4.78 is 33.8. The van der Waals surface area contributed by atoms with Crippen molar-refractivity contribution in [2.45, 2.75) is 51.3 Å². The maximum Gasteiger partial charge on any atom is 0.427 e. The molecule has 210 valence electrons. The molecule has 2 aliphatic rings. The van der Waals surface area contributed by atoms with Crippen molar-refractivity contribution in [3.05, 3.63) is 71.3 Å². The number of rotatable bonds is 5. The number of ketones is 1. The van der Waals surface area contributed by atoms with E-state index in [0.717, 1.165) is 10.3 Å². The number of hydrogen-bond acceptors (Lipinski definition) is 8. The Balaban J connectivity index is 1.83. The zero-order valence-electron chi connectivity index (χ0n) is 22.4. The zero-order valence-corrected chi connectivity index (χ0v) is 23.2. The van der Waals surface area contributed by atoms with E-state index in [1.807, 2.05) is 0 Å². The van der Waals surface area contributed by atoms with Crippen molar-refractivity contribution in [1.29, 1.82) is 5.26 Å². The van der Waals surface area contributed by atoms with Gasteiger partial charge in [0.05, 0.1) is 23.7 Å². The molecule has 1 unspecified atom stereocenters. The van der Waals surface area contributed by atoms with Gasteiger partial charge in [-0.25, -0.2) is 9.59 Å². The molecule has 0 spiro atoms. The number of Topliss-reactive ketones (excluding diaryl/α,β-unsaturated/α-hetero) is 1. The average molecular weight is 567 g/mol. The highest BCUT2D eigenvalue weighted by atomic mass is 32.2. The van der Waals surface area contributed by atoms with E-state index in [1.165, 1.54) is 4.90 Å². The number of nitriles is 1. The molecule has 2 amide bonds. The van der Waals surface area contributed by atoms with E-state index in [-0.39, 0.29) is 37.3 Å². The molecule has 4 rings (SSSR count). The molecule has 2 atom stereocenters. The van der Waals surface area contributed by atoms with E-state index in [4.69, 9.17) is 9.88 Å². The molecule has 0 saturated carbocycles. The van der Waals surface area contributed by atoms with Gasteiger partial charge in [0.25, 0.3) is 0 Å². The molecule has 1 saturated heterocycles. The van der Waals surface area contributed by atoms with Crippen LogP contribution < -0.4 is 5.14 Å². The van der Waals surface area contributed by atoms with Crippen LogP contribution >= 0.6 is 0 Å². The van der Waals surface area contributed by atoms with Gasteiger partial charge in [0, 0.05) is 25.1 Å². The number of carbonyl (C=O) groups excluding carboxylic acids is 3. The van der Waals surface area contributed by atoms with Crippen LogP contribution in [0.5, 0.6) is 0 Å². The third-order valence-electron chi connectivity index (χ3n) is 6.53. The molecule has 40 heavy (non-hydrogen) atoms. The van der Waals surface area contributed by atoms with Crippen molar-refractivity contribution < 1.29 is 31.7 Å². The van der Waals surface area contributed by atoms with Gasteiger partial charge in [0.1, 0.15) is 5.60 Å². The van der Waals surface area contributed by atoms with Gasteiger partial charge in [0.15, 0.2) is 5.78 Å². The molecular formula is C28H30N4O7S. The molecule has 1 fully saturated rings. The Bertz CT molecular complexity index is 1570. The first-order valence-corrected chi connectivity index (χ1v) is 14.1. The van der Waals surface area contributed by atoms with Gasteiger partial charge in [-0.3, -0.25) is 9.69 Å². The second-order valence-corrected chi connectivity index (χ2v) is 11.8. The molecule has 12 heteroatoms. The van der Waals surface area contributed by atoms with E-state index in [2.05, 4.69) is 10.3 Å². The summed E-state index contributed by atoms with van der Waals surface area (Å²) in [7, 11) is -4.71. The van der Waals surface area contributed by atoms with Crippen molar-refractivity contribution >= 4 is 39.0 Å². The number of likely N-dealkylation sites (tertiary alicyclic amines) is 1. The number of ether oxygens (including phenoxy) is 1. The number of hydrogen-bond donors (Lipinski definition) is 1. The van der Waals surface area contributed by atoms with E-state index >= 15 is 0 Å². The van der Waals surface area contributed by atoms with Crippen LogP contribution in [0, 0.1) is 11.3 Å². The smallest absolute Gasteiger partial charge is 0.427 e. The number of allylic oxidation sites excluding steroid dienone is 3. The number of nitrogens with zero attached hydrogens (tertiary/aromatic N) is 3. The number of amides is 2. The number of nitrogens with two attached hydrogens (primary N) is 1. The summed E-state index contributed by atoms with van der Waals surface area (Å²) in [6.07, 6.45) is 3.41. The van der Waals surface area contributed by atoms with Gasteiger partial charge in [-0.15, -0.1) is 0 Å². The molecule has 1 aliphatic carbocycles. The summed E-state index contributed by atoms with van der Waals surface area (Å²) in [5.74, 6) is -0.270. The lowest BCUT2D eigenvalue weighted by atomic mass is 9.88. The van der Waals surface area contributed by atoms with Crippen LogP contribution in [0.2, 0.25) is 0 Å². The van der Waals surface area contributed by atoms with Crippen LogP contribution in [0.15, 0.2) is 60.2 Å². The lowest BCUT2D eigenvalue weighted by molar-refractivity contribution is -0.115. The molecule has 0 radical (unpaired) electrons. The summed E-state index contributed by atoms with van der Waals surface area (Å²) in [6, 6.07) is 10.7. The molecule has 1 heterocycles. The second kappa shape index (κ2) is 11.1.